The van der Waals surface area contributed by atoms with Crippen molar-refractivity contribution in [2.24, 2.45) is 13.0 Å². The predicted molar refractivity (Wildman–Crippen MR) is 80.8 cm³/mol. The lowest BCUT2D eigenvalue weighted by atomic mass is 9.96. The van der Waals surface area contributed by atoms with Crippen molar-refractivity contribution in [2.75, 3.05) is 46.4 Å². The van der Waals surface area contributed by atoms with Crippen LogP contribution in [0, 0.1) is 5.92 Å². The highest BCUT2D eigenvalue weighted by Crippen LogP contribution is 2.16. The first-order valence-electron chi connectivity index (χ1n) is 7.68. The van der Waals surface area contributed by atoms with E-state index in [4.69, 9.17) is 4.74 Å². The Kier molecular flexibility index (Phi) is 6.50. The van der Waals surface area contributed by atoms with Gasteiger partial charge in [0.05, 0.1) is 6.61 Å². The molecule has 0 amide bonds. The Labute approximate surface area is 122 Å². The zero-order valence-electron chi connectivity index (χ0n) is 12.8. The molecule has 2 heterocycles. The maximum Gasteiger partial charge on any atom is 0.0587 e. The highest BCUT2D eigenvalue weighted by atomic mass is 16.5. The van der Waals surface area contributed by atoms with Crippen molar-refractivity contribution >= 4 is 0 Å². The average molecular weight is 280 g/mol. The fourth-order valence-corrected chi connectivity index (χ4v) is 2.81. The molecule has 1 aliphatic heterocycles. The van der Waals surface area contributed by atoms with Crippen LogP contribution in [0.1, 0.15) is 18.5 Å². The molecule has 114 valence electrons. The third kappa shape index (κ3) is 4.89. The van der Waals surface area contributed by atoms with Gasteiger partial charge in [-0.2, -0.15) is 5.10 Å². The summed E-state index contributed by atoms with van der Waals surface area (Å²) < 4.78 is 7.03. The zero-order chi connectivity index (χ0) is 14.2. The van der Waals surface area contributed by atoms with Crippen LogP contribution in [0.3, 0.4) is 0 Å². The van der Waals surface area contributed by atoms with Crippen molar-refractivity contribution in [3.05, 3.63) is 18.0 Å². The van der Waals surface area contributed by atoms with Gasteiger partial charge in [0.1, 0.15) is 0 Å². The SMILES string of the molecule is COCCNCC1CCN(CCc2ccnn2C)CC1. The van der Waals surface area contributed by atoms with Gasteiger partial charge in [0.25, 0.3) is 0 Å². The van der Waals surface area contributed by atoms with Gasteiger partial charge in [-0.05, 0) is 44.5 Å². The fourth-order valence-electron chi connectivity index (χ4n) is 2.81. The normalized spacial score (nSPS) is 17.7. The number of nitrogens with zero attached hydrogens (tertiary/aromatic N) is 3. The Bertz CT molecular complexity index is 372. The van der Waals surface area contributed by atoms with Gasteiger partial charge in [-0.1, -0.05) is 0 Å². The maximum atomic E-state index is 5.05. The van der Waals surface area contributed by atoms with E-state index in [1.165, 1.54) is 31.6 Å². The minimum atomic E-state index is 0.809. The van der Waals surface area contributed by atoms with Crippen LogP contribution in [0.5, 0.6) is 0 Å². The summed E-state index contributed by atoms with van der Waals surface area (Å²) in [5.74, 6) is 0.833. The molecular weight excluding hydrogens is 252 g/mol. The number of hydrogen-bond acceptors (Lipinski definition) is 4. The number of ether oxygens (including phenoxy) is 1. The summed E-state index contributed by atoms with van der Waals surface area (Å²) in [7, 11) is 3.77. The van der Waals surface area contributed by atoms with E-state index in [2.05, 4.69) is 21.4 Å². The predicted octanol–water partition coefficient (Wildman–Crippen LogP) is 0.911. The van der Waals surface area contributed by atoms with Gasteiger partial charge in [0.2, 0.25) is 0 Å². The number of likely N-dealkylation sites (tertiary alicyclic amines) is 1. The van der Waals surface area contributed by atoms with E-state index in [1.54, 1.807) is 7.11 Å². The molecule has 1 saturated heterocycles. The molecular formula is C15H28N4O. The van der Waals surface area contributed by atoms with Crippen LogP contribution in [-0.4, -0.2) is 61.1 Å². The minimum absolute atomic E-state index is 0.809. The Balaban J connectivity index is 1.58. The molecule has 1 fully saturated rings. The van der Waals surface area contributed by atoms with E-state index in [1.807, 2.05) is 17.9 Å². The lowest BCUT2D eigenvalue weighted by Crippen LogP contribution is -2.38. The summed E-state index contributed by atoms with van der Waals surface area (Å²) in [4.78, 5) is 2.58. The topological polar surface area (TPSA) is 42.3 Å². The minimum Gasteiger partial charge on any atom is -0.383 e. The van der Waals surface area contributed by atoms with Gasteiger partial charge in [-0.15, -0.1) is 0 Å². The van der Waals surface area contributed by atoms with Gasteiger partial charge < -0.3 is 15.0 Å². The molecule has 0 atom stereocenters. The first kappa shape index (κ1) is 15.5. The van der Waals surface area contributed by atoms with Crippen LogP contribution in [0.2, 0.25) is 0 Å². The molecule has 0 aliphatic carbocycles. The molecule has 0 spiro atoms. The summed E-state index contributed by atoms with van der Waals surface area (Å²) in [6.45, 7) is 6.53. The van der Waals surface area contributed by atoms with Crippen molar-refractivity contribution in [2.45, 2.75) is 19.3 Å². The highest BCUT2D eigenvalue weighted by molar-refractivity contribution is 5.00. The number of methoxy groups -OCH3 is 1. The highest BCUT2D eigenvalue weighted by Gasteiger charge is 2.18. The van der Waals surface area contributed by atoms with Crippen LogP contribution in [0.4, 0.5) is 0 Å². The van der Waals surface area contributed by atoms with Gasteiger partial charge in [-0.25, -0.2) is 0 Å². The van der Waals surface area contributed by atoms with E-state index in [0.29, 0.717) is 0 Å². The summed E-state index contributed by atoms with van der Waals surface area (Å²) >= 11 is 0. The Morgan fingerprint density at radius 1 is 1.40 bits per heavy atom. The second-order valence-electron chi connectivity index (χ2n) is 5.68. The second kappa shape index (κ2) is 8.39. The number of rotatable bonds is 8. The van der Waals surface area contributed by atoms with Gasteiger partial charge in [0, 0.05) is 45.6 Å². The van der Waals surface area contributed by atoms with Crippen molar-refractivity contribution in [3.63, 3.8) is 0 Å². The average Bonchev–Trinajstić information content (AvgIpc) is 2.88. The molecule has 0 radical (unpaired) electrons. The Hall–Kier alpha value is -0.910. The smallest absolute Gasteiger partial charge is 0.0587 e. The monoisotopic (exact) mass is 280 g/mol. The lowest BCUT2D eigenvalue weighted by molar-refractivity contribution is 0.173. The molecule has 1 N–H and O–H groups in total. The molecule has 5 heteroatoms. The molecule has 5 nitrogen and oxygen atoms in total. The van der Waals surface area contributed by atoms with E-state index in [9.17, 15) is 0 Å². The largest absolute Gasteiger partial charge is 0.383 e. The fraction of sp³-hybridized carbons (Fsp3) is 0.800. The molecule has 20 heavy (non-hydrogen) atoms. The van der Waals surface area contributed by atoms with E-state index in [-0.39, 0.29) is 0 Å². The van der Waals surface area contributed by atoms with Crippen LogP contribution < -0.4 is 5.32 Å². The van der Waals surface area contributed by atoms with E-state index in [0.717, 1.165) is 38.6 Å². The standard InChI is InChI=1S/C15H28N4O/c1-18-15(3-7-17-18)6-11-19-9-4-14(5-10-19)13-16-8-12-20-2/h3,7,14,16H,4-6,8-13H2,1-2H3. The molecule has 0 saturated carbocycles. The summed E-state index contributed by atoms with van der Waals surface area (Å²) in [5.41, 5.74) is 1.33. The van der Waals surface area contributed by atoms with Crippen molar-refractivity contribution in [1.29, 1.82) is 0 Å². The molecule has 2 rings (SSSR count). The Morgan fingerprint density at radius 2 is 2.20 bits per heavy atom. The zero-order valence-corrected chi connectivity index (χ0v) is 12.8. The Morgan fingerprint density at radius 3 is 2.85 bits per heavy atom. The van der Waals surface area contributed by atoms with E-state index < -0.39 is 0 Å². The van der Waals surface area contributed by atoms with Crippen molar-refractivity contribution in [3.8, 4) is 0 Å². The molecule has 0 aromatic carbocycles. The summed E-state index contributed by atoms with van der Waals surface area (Å²) in [6, 6.07) is 2.12. The molecule has 0 bridgehead atoms. The van der Waals surface area contributed by atoms with Crippen LogP contribution in [0.25, 0.3) is 0 Å². The number of piperidine rings is 1. The quantitative estimate of drug-likeness (QED) is 0.719. The molecule has 1 aromatic heterocycles. The van der Waals surface area contributed by atoms with Crippen LogP contribution in [-0.2, 0) is 18.2 Å². The number of aromatic nitrogens is 2. The molecule has 0 unspecified atom stereocenters. The first-order chi connectivity index (χ1) is 9.79. The number of hydrogen-bond donors (Lipinski definition) is 1. The number of aryl methyl sites for hydroxylation is 1. The van der Waals surface area contributed by atoms with Gasteiger partial charge in [0.15, 0.2) is 0 Å². The van der Waals surface area contributed by atoms with Crippen molar-refractivity contribution < 1.29 is 4.74 Å². The molecule has 1 aromatic rings. The second-order valence-corrected chi connectivity index (χ2v) is 5.68. The maximum absolute atomic E-state index is 5.05. The van der Waals surface area contributed by atoms with Crippen LogP contribution in [0.15, 0.2) is 12.3 Å². The van der Waals surface area contributed by atoms with Gasteiger partial charge in [-0.3, -0.25) is 4.68 Å². The summed E-state index contributed by atoms with van der Waals surface area (Å²) in [5, 5.41) is 7.70. The first-order valence-corrected chi connectivity index (χ1v) is 7.68. The van der Waals surface area contributed by atoms with Gasteiger partial charge >= 0.3 is 0 Å². The van der Waals surface area contributed by atoms with Crippen molar-refractivity contribution in [1.82, 2.24) is 20.0 Å². The lowest BCUT2D eigenvalue weighted by Gasteiger charge is -2.32. The van der Waals surface area contributed by atoms with E-state index >= 15 is 0 Å². The molecule has 1 aliphatic rings. The van der Waals surface area contributed by atoms with Crippen LogP contribution >= 0.6 is 0 Å². The summed E-state index contributed by atoms with van der Waals surface area (Å²) in [6.07, 6.45) is 5.61. The third-order valence-corrected chi connectivity index (χ3v) is 4.23. The number of nitrogens with one attached hydrogen (secondary N) is 1. The third-order valence-electron chi connectivity index (χ3n) is 4.23.